The Kier molecular flexibility index (Phi) is 5.01. The van der Waals surface area contributed by atoms with Crippen LogP contribution in [0.25, 0.3) is 11.1 Å². The summed E-state index contributed by atoms with van der Waals surface area (Å²) < 4.78 is 9.74. The van der Waals surface area contributed by atoms with Crippen molar-refractivity contribution in [2.75, 3.05) is 14.2 Å². The highest BCUT2D eigenvalue weighted by Gasteiger charge is 2.15. The van der Waals surface area contributed by atoms with Gasteiger partial charge in [-0.05, 0) is 41.8 Å². The van der Waals surface area contributed by atoms with Crippen LogP contribution in [0.5, 0.6) is 11.5 Å². The number of carbonyl (C=O) groups excluding carboxylic acids is 1. The second-order valence-corrected chi connectivity index (χ2v) is 4.91. The van der Waals surface area contributed by atoms with Crippen molar-refractivity contribution in [3.63, 3.8) is 0 Å². The monoisotopic (exact) mass is 301 g/mol. The fourth-order valence-corrected chi connectivity index (χ4v) is 2.20. The minimum atomic E-state index is -0.724. The van der Waals surface area contributed by atoms with Gasteiger partial charge in [0.1, 0.15) is 17.5 Å². The van der Waals surface area contributed by atoms with E-state index in [-0.39, 0.29) is 5.75 Å². The molecule has 0 radical (unpaired) electrons. The molecule has 0 spiro atoms. The lowest BCUT2D eigenvalue weighted by Gasteiger charge is -2.12. The molecule has 0 saturated carbocycles. The summed E-state index contributed by atoms with van der Waals surface area (Å²) in [5.74, 6) is 0.451. The second-order valence-electron chi connectivity index (χ2n) is 4.91. The Bertz CT molecular complexity index is 652. The van der Waals surface area contributed by atoms with Gasteiger partial charge in [0.15, 0.2) is 0 Å². The lowest BCUT2D eigenvalue weighted by atomic mass is 9.98. The maximum Gasteiger partial charge on any atom is 0.322 e. The summed E-state index contributed by atoms with van der Waals surface area (Å²) >= 11 is 0. The molecule has 2 aromatic carbocycles. The number of aromatic hydroxyl groups is 1. The minimum Gasteiger partial charge on any atom is -0.507 e. The Morgan fingerprint density at radius 3 is 2.45 bits per heavy atom. The van der Waals surface area contributed by atoms with Gasteiger partial charge in [-0.2, -0.15) is 0 Å². The first-order valence-electron chi connectivity index (χ1n) is 6.85. The van der Waals surface area contributed by atoms with Crippen LogP contribution in [0.2, 0.25) is 0 Å². The van der Waals surface area contributed by atoms with Crippen LogP contribution < -0.4 is 10.5 Å². The molecule has 5 heteroatoms. The van der Waals surface area contributed by atoms with Crippen molar-refractivity contribution in [3.05, 3.63) is 48.0 Å². The van der Waals surface area contributed by atoms with Gasteiger partial charge in [0.2, 0.25) is 0 Å². The number of methoxy groups -OCH3 is 2. The normalized spacial score (nSPS) is 11.8. The first-order chi connectivity index (χ1) is 10.5. The number of phenolic OH excluding ortho intramolecular Hbond substituents is 1. The number of benzene rings is 2. The van der Waals surface area contributed by atoms with E-state index in [0.29, 0.717) is 12.0 Å². The van der Waals surface area contributed by atoms with E-state index in [0.717, 1.165) is 16.9 Å². The topological polar surface area (TPSA) is 81.8 Å². The van der Waals surface area contributed by atoms with Gasteiger partial charge in [-0.1, -0.05) is 18.2 Å². The van der Waals surface area contributed by atoms with Gasteiger partial charge < -0.3 is 20.3 Å². The number of hydrogen-bond acceptors (Lipinski definition) is 5. The van der Waals surface area contributed by atoms with Gasteiger partial charge in [0.25, 0.3) is 0 Å². The van der Waals surface area contributed by atoms with E-state index < -0.39 is 12.0 Å². The van der Waals surface area contributed by atoms with Crippen molar-refractivity contribution in [1.82, 2.24) is 0 Å². The molecule has 0 aliphatic carbocycles. The highest BCUT2D eigenvalue weighted by molar-refractivity contribution is 5.76. The molecule has 0 fully saturated rings. The van der Waals surface area contributed by atoms with Crippen molar-refractivity contribution in [2.45, 2.75) is 12.5 Å². The molecule has 3 N–H and O–H groups in total. The first kappa shape index (κ1) is 15.9. The van der Waals surface area contributed by atoms with E-state index in [1.54, 1.807) is 19.2 Å². The smallest absolute Gasteiger partial charge is 0.322 e. The molecule has 2 aromatic rings. The Hall–Kier alpha value is -2.53. The summed E-state index contributed by atoms with van der Waals surface area (Å²) in [5, 5.41) is 10.1. The van der Waals surface area contributed by atoms with E-state index in [4.69, 9.17) is 10.5 Å². The number of hydrogen-bond donors (Lipinski definition) is 2. The van der Waals surface area contributed by atoms with Crippen LogP contribution in [0, 0.1) is 0 Å². The average Bonchev–Trinajstić information content (AvgIpc) is 2.55. The zero-order chi connectivity index (χ0) is 16.1. The van der Waals surface area contributed by atoms with Crippen LogP contribution in [0.1, 0.15) is 5.56 Å². The quantitative estimate of drug-likeness (QED) is 0.827. The molecule has 0 amide bonds. The largest absolute Gasteiger partial charge is 0.507 e. The Labute approximate surface area is 129 Å². The fraction of sp³-hybridized carbons (Fsp3) is 0.235. The van der Waals surface area contributed by atoms with E-state index in [9.17, 15) is 9.90 Å². The molecule has 0 aliphatic rings. The van der Waals surface area contributed by atoms with Crippen molar-refractivity contribution < 1.29 is 19.4 Å². The maximum atomic E-state index is 11.4. The summed E-state index contributed by atoms with van der Waals surface area (Å²) in [7, 11) is 2.91. The van der Waals surface area contributed by atoms with Crippen molar-refractivity contribution >= 4 is 5.97 Å². The third kappa shape index (κ3) is 3.56. The summed E-state index contributed by atoms with van der Waals surface area (Å²) in [4.78, 5) is 11.4. The highest BCUT2D eigenvalue weighted by atomic mass is 16.5. The predicted octanol–water partition coefficient (Wildman–Crippen LogP) is 2.11. The van der Waals surface area contributed by atoms with E-state index in [2.05, 4.69) is 4.74 Å². The third-order valence-corrected chi connectivity index (χ3v) is 3.42. The van der Waals surface area contributed by atoms with Crippen LogP contribution >= 0.6 is 0 Å². The molecule has 5 nitrogen and oxygen atoms in total. The molecule has 0 saturated heterocycles. The summed E-state index contributed by atoms with van der Waals surface area (Å²) in [6.45, 7) is 0. The predicted molar refractivity (Wildman–Crippen MR) is 83.8 cm³/mol. The number of ether oxygens (including phenoxy) is 2. The molecule has 2 rings (SSSR count). The molecule has 116 valence electrons. The second kappa shape index (κ2) is 6.95. The van der Waals surface area contributed by atoms with Crippen molar-refractivity contribution in [1.29, 1.82) is 0 Å². The SMILES string of the molecule is COC(=O)C(N)Cc1ccc(O)c(-c2ccc(OC)cc2)c1. The minimum absolute atomic E-state index is 0.167. The van der Waals surface area contributed by atoms with Gasteiger partial charge >= 0.3 is 5.97 Å². The first-order valence-corrected chi connectivity index (χ1v) is 6.85. The molecule has 0 heterocycles. The van der Waals surface area contributed by atoms with Crippen molar-refractivity contribution in [3.8, 4) is 22.6 Å². The van der Waals surface area contributed by atoms with E-state index in [1.165, 1.54) is 7.11 Å². The van der Waals surface area contributed by atoms with Gasteiger partial charge in [-0.3, -0.25) is 4.79 Å². The lowest BCUT2D eigenvalue weighted by Crippen LogP contribution is -2.33. The van der Waals surface area contributed by atoms with Crippen LogP contribution in [-0.2, 0) is 16.0 Å². The lowest BCUT2D eigenvalue weighted by molar-refractivity contribution is -0.142. The van der Waals surface area contributed by atoms with E-state index >= 15 is 0 Å². The van der Waals surface area contributed by atoms with Gasteiger partial charge in [-0.15, -0.1) is 0 Å². The maximum absolute atomic E-state index is 11.4. The Morgan fingerprint density at radius 1 is 1.18 bits per heavy atom. The number of carbonyl (C=O) groups is 1. The van der Waals surface area contributed by atoms with Crippen LogP contribution in [0.4, 0.5) is 0 Å². The third-order valence-electron chi connectivity index (χ3n) is 3.42. The molecule has 0 bridgehead atoms. The zero-order valence-electron chi connectivity index (χ0n) is 12.6. The Balaban J connectivity index is 2.28. The Morgan fingerprint density at radius 2 is 1.86 bits per heavy atom. The molecule has 0 aliphatic heterocycles. The number of rotatable bonds is 5. The molecule has 0 aromatic heterocycles. The van der Waals surface area contributed by atoms with Gasteiger partial charge in [-0.25, -0.2) is 0 Å². The van der Waals surface area contributed by atoms with Crippen LogP contribution in [-0.4, -0.2) is 31.3 Å². The molecular formula is C17H19NO4. The molecule has 1 unspecified atom stereocenters. The summed E-state index contributed by atoms with van der Waals surface area (Å²) in [5.41, 5.74) is 8.15. The fourth-order valence-electron chi connectivity index (χ4n) is 2.20. The number of nitrogens with two attached hydrogens (primary N) is 1. The number of phenols is 1. The molecule has 22 heavy (non-hydrogen) atoms. The highest BCUT2D eigenvalue weighted by Crippen LogP contribution is 2.31. The molecular weight excluding hydrogens is 282 g/mol. The number of esters is 1. The van der Waals surface area contributed by atoms with E-state index in [1.807, 2.05) is 30.3 Å². The van der Waals surface area contributed by atoms with Gasteiger partial charge in [0.05, 0.1) is 14.2 Å². The molecule has 1 atom stereocenters. The zero-order valence-corrected chi connectivity index (χ0v) is 12.6. The van der Waals surface area contributed by atoms with Crippen molar-refractivity contribution in [2.24, 2.45) is 5.73 Å². The van der Waals surface area contributed by atoms with Crippen LogP contribution in [0.3, 0.4) is 0 Å². The van der Waals surface area contributed by atoms with Gasteiger partial charge in [0, 0.05) is 5.56 Å². The summed E-state index contributed by atoms with van der Waals surface area (Å²) in [6, 6.07) is 11.8. The van der Waals surface area contributed by atoms with Crippen LogP contribution in [0.15, 0.2) is 42.5 Å². The summed E-state index contributed by atoms with van der Waals surface area (Å²) in [6.07, 6.45) is 0.343. The standard InChI is InChI=1S/C17H19NO4/c1-21-13-6-4-12(5-7-13)14-9-11(3-8-16(14)19)10-15(18)17(20)22-2/h3-9,15,19H,10,18H2,1-2H3. The average molecular weight is 301 g/mol.